The molecule has 6 heteroatoms. The van der Waals surface area contributed by atoms with Gasteiger partial charge in [0.25, 0.3) is 5.56 Å². The van der Waals surface area contributed by atoms with Gasteiger partial charge in [-0.2, -0.15) is 0 Å². The molecule has 0 radical (unpaired) electrons. The number of rotatable bonds is 3. The molecule has 0 bridgehead atoms. The van der Waals surface area contributed by atoms with Gasteiger partial charge in [-0.05, 0) is 30.7 Å². The van der Waals surface area contributed by atoms with Crippen LogP contribution in [0, 0.1) is 6.92 Å². The van der Waals surface area contributed by atoms with E-state index in [1.165, 1.54) is 10.6 Å². The first kappa shape index (κ1) is 15.2. The number of aromatic nitrogens is 2. The SMILES string of the molecule is Cc1ccccc1-c1nc2ccc(Cl)cc2c(=O)n1CC(=O)O. The number of aryl methyl sites for hydroxylation is 1. The Morgan fingerprint density at radius 3 is 2.70 bits per heavy atom. The van der Waals surface area contributed by atoms with Crippen molar-refractivity contribution in [2.45, 2.75) is 13.5 Å². The minimum absolute atomic E-state index is 0.302. The Labute approximate surface area is 136 Å². The van der Waals surface area contributed by atoms with Crippen molar-refractivity contribution in [3.8, 4) is 11.4 Å². The summed E-state index contributed by atoms with van der Waals surface area (Å²) in [7, 11) is 0. The highest BCUT2D eigenvalue weighted by Crippen LogP contribution is 2.23. The predicted octanol–water partition coefficient (Wildman–Crippen LogP) is 3.11. The van der Waals surface area contributed by atoms with Crippen LogP contribution in [0.4, 0.5) is 0 Å². The molecule has 0 atom stereocenters. The number of halogens is 1. The lowest BCUT2D eigenvalue weighted by atomic mass is 10.1. The van der Waals surface area contributed by atoms with Gasteiger partial charge in [-0.1, -0.05) is 35.9 Å². The van der Waals surface area contributed by atoms with Crippen molar-refractivity contribution in [1.29, 1.82) is 0 Å². The molecule has 1 aromatic heterocycles. The van der Waals surface area contributed by atoms with E-state index >= 15 is 0 Å². The maximum atomic E-state index is 12.7. The monoisotopic (exact) mass is 328 g/mol. The molecule has 1 N–H and O–H groups in total. The molecule has 116 valence electrons. The second-order valence-corrected chi connectivity index (χ2v) is 5.63. The lowest BCUT2D eigenvalue weighted by Gasteiger charge is -2.13. The smallest absolute Gasteiger partial charge is 0.323 e. The fourth-order valence-electron chi connectivity index (χ4n) is 2.50. The highest BCUT2D eigenvalue weighted by atomic mass is 35.5. The van der Waals surface area contributed by atoms with Crippen LogP contribution in [0.5, 0.6) is 0 Å². The van der Waals surface area contributed by atoms with E-state index in [2.05, 4.69) is 4.98 Å². The van der Waals surface area contributed by atoms with Crippen LogP contribution in [0.15, 0.2) is 47.3 Å². The molecule has 23 heavy (non-hydrogen) atoms. The van der Waals surface area contributed by atoms with Gasteiger partial charge < -0.3 is 5.11 Å². The summed E-state index contributed by atoms with van der Waals surface area (Å²) in [6.07, 6.45) is 0. The fraction of sp³-hybridized carbons (Fsp3) is 0.118. The second-order valence-electron chi connectivity index (χ2n) is 5.20. The molecule has 0 aliphatic rings. The zero-order chi connectivity index (χ0) is 16.6. The average molecular weight is 329 g/mol. The van der Waals surface area contributed by atoms with Crippen molar-refractivity contribution in [2.24, 2.45) is 0 Å². The van der Waals surface area contributed by atoms with E-state index in [9.17, 15) is 9.59 Å². The van der Waals surface area contributed by atoms with Gasteiger partial charge in [0.05, 0.1) is 10.9 Å². The van der Waals surface area contributed by atoms with Gasteiger partial charge in [-0.3, -0.25) is 14.2 Å². The minimum atomic E-state index is -1.11. The molecular weight excluding hydrogens is 316 g/mol. The van der Waals surface area contributed by atoms with E-state index in [4.69, 9.17) is 16.7 Å². The molecule has 0 spiro atoms. The highest BCUT2D eigenvalue weighted by Gasteiger charge is 2.16. The number of nitrogens with zero attached hydrogens (tertiary/aromatic N) is 2. The number of benzene rings is 2. The molecule has 0 saturated carbocycles. The summed E-state index contributed by atoms with van der Waals surface area (Å²) in [5, 5.41) is 9.85. The maximum absolute atomic E-state index is 12.7. The summed E-state index contributed by atoms with van der Waals surface area (Å²) < 4.78 is 1.17. The number of carbonyl (C=O) groups is 1. The van der Waals surface area contributed by atoms with Gasteiger partial charge in [0.2, 0.25) is 0 Å². The van der Waals surface area contributed by atoms with Crippen molar-refractivity contribution in [3.05, 3.63) is 63.4 Å². The summed E-state index contributed by atoms with van der Waals surface area (Å²) in [4.78, 5) is 28.4. The van der Waals surface area contributed by atoms with Crippen LogP contribution in [0.25, 0.3) is 22.3 Å². The Bertz CT molecular complexity index is 979. The van der Waals surface area contributed by atoms with Crippen LogP contribution in [0.3, 0.4) is 0 Å². The molecule has 0 aliphatic heterocycles. The third-order valence-corrected chi connectivity index (χ3v) is 3.83. The highest BCUT2D eigenvalue weighted by molar-refractivity contribution is 6.31. The van der Waals surface area contributed by atoms with Crippen LogP contribution in [-0.2, 0) is 11.3 Å². The zero-order valence-electron chi connectivity index (χ0n) is 12.3. The number of fused-ring (bicyclic) bond motifs is 1. The molecule has 0 amide bonds. The summed E-state index contributed by atoms with van der Waals surface area (Å²) in [6, 6.07) is 12.2. The first-order chi connectivity index (χ1) is 11.0. The number of carboxylic acids is 1. The third kappa shape index (κ3) is 2.83. The minimum Gasteiger partial charge on any atom is -0.480 e. The molecule has 0 fully saturated rings. The second kappa shape index (κ2) is 5.85. The maximum Gasteiger partial charge on any atom is 0.323 e. The first-order valence-electron chi connectivity index (χ1n) is 6.95. The molecule has 0 unspecified atom stereocenters. The average Bonchev–Trinajstić information content (AvgIpc) is 2.51. The number of hydrogen-bond acceptors (Lipinski definition) is 3. The topological polar surface area (TPSA) is 72.2 Å². The zero-order valence-corrected chi connectivity index (χ0v) is 13.0. The van der Waals surface area contributed by atoms with Crippen molar-refractivity contribution in [1.82, 2.24) is 9.55 Å². The summed E-state index contributed by atoms with van der Waals surface area (Å²) in [6.45, 7) is 1.43. The van der Waals surface area contributed by atoms with Crippen LogP contribution in [0.2, 0.25) is 5.02 Å². The van der Waals surface area contributed by atoms with Crippen molar-refractivity contribution >= 4 is 28.5 Å². The van der Waals surface area contributed by atoms with Gasteiger partial charge in [0.1, 0.15) is 12.4 Å². The standard InChI is InChI=1S/C17H13ClN2O3/c1-10-4-2-3-5-12(10)16-19-14-7-6-11(18)8-13(14)17(23)20(16)9-15(21)22/h2-8H,9H2,1H3,(H,21,22). The quantitative estimate of drug-likeness (QED) is 0.801. The van der Waals surface area contributed by atoms with Crippen molar-refractivity contribution in [2.75, 3.05) is 0 Å². The normalized spacial score (nSPS) is 10.9. The Hall–Kier alpha value is -2.66. The van der Waals surface area contributed by atoms with E-state index in [1.54, 1.807) is 12.1 Å². The number of aliphatic carboxylic acids is 1. The molecular formula is C17H13ClN2O3. The summed E-state index contributed by atoms with van der Waals surface area (Å²) in [5.41, 5.74) is 1.70. The lowest BCUT2D eigenvalue weighted by Crippen LogP contribution is -2.27. The molecule has 5 nitrogen and oxygen atoms in total. The van der Waals surface area contributed by atoms with E-state index < -0.39 is 18.1 Å². The van der Waals surface area contributed by atoms with Crippen LogP contribution >= 0.6 is 11.6 Å². The number of carboxylic acid groups (broad SMARTS) is 1. The fourth-order valence-corrected chi connectivity index (χ4v) is 2.68. The van der Waals surface area contributed by atoms with E-state index in [0.717, 1.165) is 11.1 Å². The van der Waals surface area contributed by atoms with Crippen LogP contribution in [0.1, 0.15) is 5.56 Å². The van der Waals surface area contributed by atoms with Crippen molar-refractivity contribution in [3.63, 3.8) is 0 Å². The van der Waals surface area contributed by atoms with Crippen LogP contribution < -0.4 is 5.56 Å². The Morgan fingerprint density at radius 1 is 1.26 bits per heavy atom. The largest absolute Gasteiger partial charge is 0.480 e. The first-order valence-corrected chi connectivity index (χ1v) is 7.33. The van der Waals surface area contributed by atoms with Gasteiger partial charge >= 0.3 is 5.97 Å². The van der Waals surface area contributed by atoms with E-state index in [-0.39, 0.29) is 0 Å². The Balaban J connectivity index is 2.40. The lowest BCUT2D eigenvalue weighted by molar-refractivity contribution is -0.137. The molecule has 0 aliphatic carbocycles. The van der Waals surface area contributed by atoms with Gasteiger partial charge in [0, 0.05) is 10.6 Å². The van der Waals surface area contributed by atoms with Crippen LogP contribution in [-0.4, -0.2) is 20.6 Å². The Kier molecular flexibility index (Phi) is 3.88. The summed E-state index contributed by atoms with van der Waals surface area (Å²) in [5.74, 6) is -0.768. The predicted molar refractivity (Wildman–Crippen MR) is 88.8 cm³/mol. The molecule has 1 heterocycles. The third-order valence-electron chi connectivity index (χ3n) is 3.60. The number of hydrogen-bond donors (Lipinski definition) is 1. The molecule has 2 aromatic carbocycles. The van der Waals surface area contributed by atoms with Gasteiger partial charge in [0.15, 0.2) is 0 Å². The van der Waals surface area contributed by atoms with Crippen molar-refractivity contribution < 1.29 is 9.90 Å². The van der Waals surface area contributed by atoms with E-state index in [1.807, 2.05) is 31.2 Å². The van der Waals surface area contributed by atoms with E-state index in [0.29, 0.717) is 21.7 Å². The summed E-state index contributed by atoms with van der Waals surface area (Å²) >= 11 is 5.94. The van der Waals surface area contributed by atoms with Gasteiger partial charge in [-0.15, -0.1) is 0 Å². The molecule has 3 rings (SSSR count). The molecule has 3 aromatic rings. The molecule has 0 saturated heterocycles. The van der Waals surface area contributed by atoms with Gasteiger partial charge in [-0.25, -0.2) is 4.98 Å². The Morgan fingerprint density at radius 2 is 2.00 bits per heavy atom.